The Balaban J connectivity index is 1.92. The molecule has 2 atom stereocenters. The molecule has 1 aromatic heterocycles. The average Bonchev–Trinajstić information content (AvgIpc) is 2.39. The van der Waals surface area contributed by atoms with E-state index in [4.69, 9.17) is 5.73 Å². The van der Waals surface area contributed by atoms with Crippen molar-refractivity contribution in [3.8, 4) is 0 Å². The lowest BCUT2D eigenvalue weighted by atomic mass is 9.63. The molecule has 3 N–H and O–H groups in total. The molecule has 94 valence electrons. The SMILES string of the molecule is CC1(C)C(N)CC1Nc1nncc2ccccc12. The van der Waals surface area contributed by atoms with Crippen molar-refractivity contribution >= 4 is 16.6 Å². The van der Waals surface area contributed by atoms with Crippen LogP contribution in [-0.4, -0.2) is 22.3 Å². The summed E-state index contributed by atoms with van der Waals surface area (Å²) in [5.74, 6) is 0.859. The Bertz CT molecular complexity index is 574. The fourth-order valence-corrected chi connectivity index (χ4v) is 2.50. The van der Waals surface area contributed by atoms with Gasteiger partial charge < -0.3 is 11.1 Å². The number of fused-ring (bicyclic) bond motifs is 1. The molecule has 0 saturated heterocycles. The summed E-state index contributed by atoms with van der Waals surface area (Å²) in [6.45, 7) is 4.38. The summed E-state index contributed by atoms with van der Waals surface area (Å²) in [6.07, 6.45) is 2.77. The second kappa shape index (κ2) is 3.92. The molecule has 0 spiro atoms. The average molecular weight is 242 g/mol. The Labute approximate surface area is 107 Å². The lowest BCUT2D eigenvalue weighted by molar-refractivity contribution is 0.117. The number of anilines is 1. The van der Waals surface area contributed by atoms with Gasteiger partial charge in [-0.25, -0.2) is 0 Å². The summed E-state index contributed by atoms with van der Waals surface area (Å²) in [7, 11) is 0. The monoisotopic (exact) mass is 242 g/mol. The highest BCUT2D eigenvalue weighted by molar-refractivity contribution is 5.91. The molecule has 4 heteroatoms. The van der Waals surface area contributed by atoms with E-state index in [-0.39, 0.29) is 11.5 Å². The van der Waals surface area contributed by atoms with Gasteiger partial charge in [0.15, 0.2) is 5.82 Å². The summed E-state index contributed by atoms with van der Waals surface area (Å²) < 4.78 is 0. The van der Waals surface area contributed by atoms with Crippen LogP contribution in [0.1, 0.15) is 20.3 Å². The van der Waals surface area contributed by atoms with Crippen LogP contribution in [0.5, 0.6) is 0 Å². The molecule has 1 fully saturated rings. The second-order valence-electron chi connectivity index (χ2n) is 5.64. The molecule has 1 aliphatic carbocycles. The Morgan fingerprint density at radius 1 is 1.33 bits per heavy atom. The molecule has 2 aromatic rings. The first kappa shape index (κ1) is 11.4. The molecule has 1 aromatic carbocycles. The number of nitrogens with zero attached hydrogens (tertiary/aromatic N) is 2. The number of hydrogen-bond acceptors (Lipinski definition) is 4. The molecule has 3 rings (SSSR count). The van der Waals surface area contributed by atoms with Crippen molar-refractivity contribution in [1.29, 1.82) is 0 Å². The molecule has 1 heterocycles. The van der Waals surface area contributed by atoms with Crippen LogP contribution in [0.15, 0.2) is 30.5 Å². The third-order valence-electron chi connectivity index (χ3n) is 4.22. The molecule has 0 bridgehead atoms. The number of nitrogens with one attached hydrogen (secondary N) is 1. The van der Waals surface area contributed by atoms with Crippen LogP contribution in [0.2, 0.25) is 0 Å². The van der Waals surface area contributed by atoms with Crippen molar-refractivity contribution in [3.63, 3.8) is 0 Å². The van der Waals surface area contributed by atoms with Crippen LogP contribution in [-0.2, 0) is 0 Å². The van der Waals surface area contributed by atoms with Crippen molar-refractivity contribution in [2.75, 3.05) is 5.32 Å². The van der Waals surface area contributed by atoms with E-state index in [9.17, 15) is 0 Å². The zero-order valence-corrected chi connectivity index (χ0v) is 10.7. The van der Waals surface area contributed by atoms with Gasteiger partial charge in [0, 0.05) is 28.3 Å². The molecule has 1 aliphatic rings. The smallest absolute Gasteiger partial charge is 0.156 e. The number of benzene rings is 1. The van der Waals surface area contributed by atoms with E-state index in [0.29, 0.717) is 6.04 Å². The zero-order valence-electron chi connectivity index (χ0n) is 10.7. The quantitative estimate of drug-likeness (QED) is 0.847. The zero-order chi connectivity index (χ0) is 12.8. The van der Waals surface area contributed by atoms with Crippen molar-refractivity contribution in [1.82, 2.24) is 10.2 Å². The first-order chi connectivity index (χ1) is 8.59. The highest BCUT2D eigenvalue weighted by atomic mass is 15.2. The van der Waals surface area contributed by atoms with Gasteiger partial charge in [-0.05, 0) is 6.42 Å². The number of aromatic nitrogens is 2. The Hall–Kier alpha value is -1.68. The number of rotatable bonds is 2. The predicted molar refractivity (Wildman–Crippen MR) is 73.3 cm³/mol. The van der Waals surface area contributed by atoms with Crippen molar-refractivity contribution in [2.45, 2.75) is 32.4 Å². The molecule has 1 saturated carbocycles. The Morgan fingerprint density at radius 3 is 2.83 bits per heavy atom. The minimum Gasteiger partial charge on any atom is -0.365 e. The van der Waals surface area contributed by atoms with Gasteiger partial charge in [-0.15, -0.1) is 5.10 Å². The van der Waals surface area contributed by atoms with Crippen LogP contribution in [0.25, 0.3) is 10.8 Å². The maximum absolute atomic E-state index is 6.04. The van der Waals surface area contributed by atoms with Gasteiger partial charge in [-0.1, -0.05) is 38.1 Å². The molecule has 0 amide bonds. The third-order valence-corrected chi connectivity index (χ3v) is 4.22. The Kier molecular flexibility index (Phi) is 2.48. The van der Waals surface area contributed by atoms with E-state index >= 15 is 0 Å². The van der Waals surface area contributed by atoms with Crippen molar-refractivity contribution in [3.05, 3.63) is 30.5 Å². The van der Waals surface area contributed by atoms with Crippen LogP contribution in [0.4, 0.5) is 5.82 Å². The summed E-state index contributed by atoms with van der Waals surface area (Å²) in [4.78, 5) is 0. The highest BCUT2D eigenvalue weighted by Gasteiger charge is 2.46. The standard InChI is InChI=1S/C14H18N4/c1-14(2)11(15)7-12(14)17-13-10-6-4-3-5-9(10)8-16-18-13/h3-6,8,11-12H,7,15H2,1-2H3,(H,17,18). The highest BCUT2D eigenvalue weighted by Crippen LogP contribution is 2.41. The van der Waals surface area contributed by atoms with Crippen LogP contribution in [0.3, 0.4) is 0 Å². The molecular formula is C14H18N4. The summed E-state index contributed by atoms with van der Waals surface area (Å²) >= 11 is 0. The maximum atomic E-state index is 6.04. The molecule has 0 radical (unpaired) electrons. The van der Waals surface area contributed by atoms with Gasteiger partial charge >= 0.3 is 0 Å². The topological polar surface area (TPSA) is 63.8 Å². The molecule has 4 nitrogen and oxygen atoms in total. The summed E-state index contributed by atoms with van der Waals surface area (Å²) in [6, 6.07) is 8.78. The van der Waals surface area contributed by atoms with Crippen molar-refractivity contribution < 1.29 is 0 Å². The lowest BCUT2D eigenvalue weighted by Crippen LogP contribution is -2.61. The summed E-state index contributed by atoms with van der Waals surface area (Å²) in [5.41, 5.74) is 6.15. The number of nitrogens with two attached hydrogens (primary N) is 1. The fourth-order valence-electron chi connectivity index (χ4n) is 2.50. The lowest BCUT2D eigenvalue weighted by Gasteiger charge is -2.50. The van der Waals surface area contributed by atoms with E-state index in [1.165, 1.54) is 0 Å². The first-order valence-corrected chi connectivity index (χ1v) is 6.31. The van der Waals surface area contributed by atoms with Gasteiger partial charge in [0.25, 0.3) is 0 Å². The maximum Gasteiger partial charge on any atom is 0.156 e. The third kappa shape index (κ3) is 1.64. The van der Waals surface area contributed by atoms with Gasteiger partial charge in [0.1, 0.15) is 0 Å². The van der Waals surface area contributed by atoms with E-state index in [0.717, 1.165) is 23.0 Å². The van der Waals surface area contributed by atoms with Gasteiger partial charge in [-0.2, -0.15) is 5.10 Å². The van der Waals surface area contributed by atoms with Crippen LogP contribution >= 0.6 is 0 Å². The van der Waals surface area contributed by atoms with E-state index in [2.05, 4.69) is 35.4 Å². The Morgan fingerprint density at radius 2 is 2.11 bits per heavy atom. The first-order valence-electron chi connectivity index (χ1n) is 6.31. The van der Waals surface area contributed by atoms with Crippen LogP contribution in [0, 0.1) is 5.41 Å². The van der Waals surface area contributed by atoms with E-state index in [1.807, 2.05) is 18.2 Å². The molecule has 18 heavy (non-hydrogen) atoms. The van der Waals surface area contributed by atoms with Gasteiger partial charge in [-0.3, -0.25) is 0 Å². The minimum atomic E-state index is 0.110. The van der Waals surface area contributed by atoms with Gasteiger partial charge in [0.05, 0.1) is 6.20 Å². The van der Waals surface area contributed by atoms with Crippen LogP contribution < -0.4 is 11.1 Å². The van der Waals surface area contributed by atoms with Crippen molar-refractivity contribution in [2.24, 2.45) is 11.1 Å². The van der Waals surface area contributed by atoms with E-state index in [1.54, 1.807) is 6.20 Å². The summed E-state index contributed by atoms with van der Waals surface area (Å²) in [5, 5.41) is 14.0. The van der Waals surface area contributed by atoms with Gasteiger partial charge in [0.2, 0.25) is 0 Å². The molecule has 0 aliphatic heterocycles. The minimum absolute atomic E-state index is 0.110. The molecule has 2 unspecified atom stereocenters. The predicted octanol–water partition coefficient (Wildman–Crippen LogP) is 2.17. The second-order valence-corrected chi connectivity index (χ2v) is 5.64. The molecular weight excluding hydrogens is 224 g/mol. The number of hydrogen-bond donors (Lipinski definition) is 2. The largest absolute Gasteiger partial charge is 0.365 e. The van der Waals surface area contributed by atoms with E-state index < -0.39 is 0 Å². The fraction of sp³-hybridized carbons (Fsp3) is 0.429. The normalized spacial score (nSPS) is 25.7.